The van der Waals surface area contributed by atoms with Crippen molar-refractivity contribution >= 4 is 29.2 Å². The fourth-order valence-electron chi connectivity index (χ4n) is 2.40. The second kappa shape index (κ2) is 6.60. The molecule has 0 amide bonds. The number of anilines is 1. The zero-order valence-corrected chi connectivity index (χ0v) is 13.0. The van der Waals surface area contributed by atoms with E-state index in [0.29, 0.717) is 10.0 Å². The Kier molecular flexibility index (Phi) is 4.58. The van der Waals surface area contributed by atoms with Gasteiger partial charge in [-0.2, -0.15) is 0 Å². The molecule has 0 radical (unpaired) electrons. The maximum absolute atomic E-state index is 6.28. The van der Waals surface area contributed by atoms with Gasteiger partial charge in [0, 0.05) is 31.4 Å². The van der Waals surface area contributed by atoms with Crippen molar-refractivity contribution in [2.45, 2.75) is 6.42 Å². The number of nitrogens with zero attached hydrogens (tertiary/aromatic N) is 3. The Morgan fingerprint density at radius 1 is 1.10 bits per heavy atom. The van der Waals surface area contributed by atoms with Gasteiger partial charge in [0.2, 0.25) is 5.95 Å². The predicted molar refractivity (Wildman–Crippen MR) is 87.2 cm³/mol. The number of hydrogen-bond acceptors (Lipinski definition) is 4. The normalized spacial score (nSPS) is 15.8. The molecule has 21 heavy (non-hydrogen) atoms. The van der Waals surface area contributed by atoms with Gasteiger partial charge in [-0.05, 0) is 25.1 Å². The fourth-order valence-corrected chi connectivity index (χ4v) is 2.80. The van der Waals surface area contributed by atoms with Crippen molar-refractivity contribution in [2.75, 3.05) is 31.1 Å². The standard InChI is InChI=1S/C15H16Cl2N4/c16-12-4-1-3-11(14(12)17)13-5-7-19-15(20-13)21-9-2-6-18-8-10-21/h1,3-5,7,18H,2,6,8-10H2. The number of halogens is 2. The maximum Gasteiger partial charge on any atom is 0.225 e. The average molecular weight is 323 g/mol. The van der Waals surface area contributed by atoms with Crippen LogP contribution < -0.4 is 10.2 Å². The zero-order chi connectivity index (χ0) is 14.7. The van der Waals surface area contributed by atoms with Crippen molar-refractivity contribution in [1.82, 2.24) is 15.3 Å². The first-order valence-electron chi connectivity index (χ1n) is 6.99. The zero-order valence-electron chi connectivity index (χ0n) is 11.5. The predicted octanol–water partition coefficient (Wildman–Crippen LogP) is 3.25. The molecule has 1 saturated heterocycles. The van der Waals surface area contributed by atoms with E-state index >= 15 is 0 Å². The van der Waals surface area contributed by atoms with E-state index in [2.05, 4.69) is 20.2 Å². The largest absolute Gasteiger partial charge is 0.339 e. The highest BCUT2D eigenvalue weighted by Crippen LogP contribution is 2.32. The first-order valence-corrected chi connectivity index (χ1v) is 7.74. The van der Waals surface area contributed by atoms with Crippen LogP contribution in [0.2, 0.25) is 10.0 Å². The van der Waals surface area contributed by atoms with Crippen molar-refractivity contribution < 1.29 is 0 Å². The van der Waals surface area contributed by atoms with Crippen LogP contribution >= 0.6 is 23.2 Å². The SMILES string of the molecule is Clc1cccc(-c2ccnc(N3CCCNCC3)n2)c1Cl. The Hall–Kier alpha value is -1.36. The lowest BCUT2D eigenvalue weighted by atomic mass is 10.1. The molecular weight excluding hydrogens is 307 g/mol. The van der Waals surface area contributed by atoms with Crippen LogP contribution in [-0.4, -0.2) is 36.1 Å². The summed E-state index contributed by atoms with van der Waals surface area (Å²) in [6.07, 6.45) is 2.86. The van der Waals surface area contributed by atoms with Gasteiger partial charge in [-0.25, -0.2) is 9.97 Å². The van der Waals surface area contributed by atoms with Gasteiger partial charge in [0.25, 0.3) is 0 Å². The smallest absolute Gasteiger partial charge is 0.225 e. The molecule has 1 fully saturated rings. The van der Waals surface area contributed by atoms with Crippen LogP contribution in [0.4, 0.5) is 5.95 Å². The Bertz CT molecular complexity index is 625. The van der Waals surface area contributed by atoms with Crippen LogP contribution in [0, 0.1) is 0 Å². The van der Waals surface area contributed by atoms with Crippen LogP contribution in [0.25, 0.3) is 11.3 Å². The summed E-state index contributed by atoms with van der Waals surface area (Å²) in [6, 6.07) is 7.43. The molecule has 0 saturated carbocycles. The molecule has 1 aliphatic heterocycles. The van der Waals surface area contributed by atoms with Crippen molar-refractivity contribution in [3.63, 3.8) is 0 Å². The number of hydrogen-bond donors (Lipinski definition) is 1. The second-order valence-corrected chi connectivity index (χ2v) is 5.72. The molecule has 110 valence electrons. The monoisotopic (exact) mass is 322 g/mol. The van der Waals surface area contributed by atoms with E-state index in [9.17, 15) is 0 Å². The molecule has 1 aromatic heterocycles. The van der Waals surface area contributed by atoms with Gasteiger partial charge in [0.15, 0.2) is 0 Å². The van der Waals surface area contributed by atoms with E-state index in [0.717, 1.165) is 49.8 Å². The van der Waals surface area contributed by atoms with Crippen LogP contribution in [0.1, 0.15) is 6.42 Å². The summed E-state index contributed by atoms with van der Waals surface area (Å²) < 4.78 is 0. The lowest BCUT2D eigenvalue weighted by Gasteiger charge is -2.20. The number of rotatable bonds is 2. The van der Waals surface area contributed by atoms with Gasteiger partial charge >= 0.3 is 0 Å². The second-order valence-electron chi connectivity index (χ2n) is 4.93. The van der Waals surface area contributed by atoms with Gasteiger partial charge in [0.1, 0.15) is 0 Å². The Morgan fingerprint density at radius 2 is 2.00 bits per heavy atom. The topological polar surface area (TPSA) is 41.1 Å². The lowest BCUT2D eigenvalue weighted by Crippen LogP contribution is -2.29. The molecule has 4 nitrogen and oxygen atoms in total. The first-order chi connectivity index (χ1) is 10.3. The van der Waals surface area contributed by atoms with E-state index in [4.69, 9.17) is 23.2 Å². The minimum Gasteiger partial charge on any atom is -0.339 e. The molecule has 1 aliphatic rings. The summed E-state index contributed by atoms with van der Waals surface area (Å²) >= 11 is 12.4. The highest BCUT2D eigenvalue weighted by molar-refractivity contribution is 6.43. The summed E-state index contributed by atoms with van der Waals surface area (Å²) in [5.41, 5.74) is 1.63. The van der Waals surface area contributed by atoms with Crippen molar-refractivity contribution in [3.05, 3.63) is 40.5 Å². The third-order valence-corrected chi connectivity index (χ3v) is 4.31. The van der Waals surface area contributed by atoms with Gasteiger partial charge in [-0.1, -0.05) is 35.3 Å². The maximum atomic E-state index is 6.28. The van der Waals surface area contributed by atoms with E-state index < -0.39 is 0 Å². The van der Waals surface area contributed by atoms with E-state index in [-0.39, 0.29) is 0 Å². The molecule has 1 aromatic carbocycles. The molecule has 0 atom stereocenters. The van der Waals surface area contributed by atoms with Gasteiger partial charge in [-0.15, -0.1) is 0 Å². The number of aromatic nitrogens is 2. The fraction of sp³-hybridized carbons (Fsp3) is 0.333. The van der Waals surface area contributed by atoms with Crippen LogP contribution in [-0.2, 0) is 0 Å². The number of benzene rings is 1. The average Bonchev–Trinajstić information content (AvgIpc) is 2.79. The molecule has 2 heterocycles. The number of nitrogens with one attached hydrogen (secondary N) is 1. The van der Waals surface area contributed by atoms with Crippen molar-refractivity contribution in [3.8, 4) is 11.3 Å². The minimum atomic E-state index is 0.529. The molecule has 2 aromatic rings. The minimum absolute atomic E-state index is 0.529. The van der Waals surface area contributed by atoms with E-state index in [1.54, 1.807) is 12.3 Å². The summed E-state index contributed by atoms with van der Waals surface area (Å²) in [6.45, 7) is 3.86. The third-order valence-electron chi connectivity index (χ3n) is 3.49. The third kappa shape index (κ3) is 3.28. The van der Waals surface area contributed by atoms with E-state index in [1.165, 1.54) is 0 Å². The Morgan fingerprint density at radius 3 is 2.90 bits per heavy atom. The highest BCUT2D eigenvalue weighted by atomic mass is 35.5. The van der Waals surface area contributed by atoms with Gasteiger partial charge < -0.3 is 10.2 Å². The lowest BCUT2D eigenvalue weighted by molar-refractivity contribution is 0.724. The van der Waals surface area contributed by atoms with Crippen LogP contribution in [0.15, 0.2) is 30.5 Å². The van der Waals surface area contributed by atoms with E-state index in [1.807, 2.05) is 18.2 Å². The quantitative estimate of drug-likeness (QED) is 0.921. The molecule has 3 rings (SSSR count). The molecule has 0 bridgehead atoms. The molecule has 0 aliphatic carbocycles. The van der Waals surface area contributed by atoms with Crippen LogP contribution in [0.3, 0.4) is 0 Å². The Labute approximate surface area is 134 Å². The summed E-state index contributed by atoms with van der Waals surface area (Å²) in [5, 5.41) is 4.44. The van der Waals surface area contributed by atoms with Gasteiger partial charge in [-0.3, -0.25) is 0 Å². The Balaban J connectivity index is 1.94. The summed E-state index contributed by atoms with van der Waals surface area (Å²) in [5.74, 6) is 0.743. The summed E-state index contributed by atoms with van der Waals surface area (Å²) in [7, 11) is 0. The molecule has 1 N–H and O–H groups in total. The van der Waals surface area contributed by atoms with Crippen molar-refractivity contribution in [1.29, 1.82) is 0 Å². The van der Waals surface area contributed by atoms with Gasteiger partial charge in [0.05, 0.1) is 15.7 Å². The molecule has 6 heteroatoms. The molecular formula is C15H16Cl2N4. The van der Waals surface area contributed by atoms with Crippen molar-refractivity contribution in [2.24, 2.45) is 0 Å². The first kappa shape index (κ1) is 14.6. The summed E-state index contributed by atoms with van der Waals surface area (Å²) in [4.78, 5) is 11.2. The van der Waals surface area contributed by atoms with Crippen LogP contribution in [0.5, 0.6) is 0 Å². The molecule has 0 unspecified atom stereocenters. The molecule has 0 spiro atoms. The highest BCUT2D eigenvalue weighted by Gasteiger charge is 2.14.